The second kappa shape index (κ2) is 5.77. The molecule has 3 heterocycles. The molecule has 1 amide bonds. The van der Waals surface area contributed by atoms with Crippen LogP contribution < -0.4 is 0 Å². The number of carbonyl (C=O) groups excluding carboxylic acids is 1. The van der Waals surface area contributed by atoms with E-state index >= 15 is 0 Å². The topological polar surface area (TPSA) is 99.8 Å². The van der Waals surface area contributed by atoms with E-state index in [-0.39, 0.29) is 23.3 Å². The van der Waals surface area contributed by atoms with Crippen molar-refractivity contribution in [1.82, 2.24) is 30.5 Å². The number of rotatable bonds is 3. The van der Waals surface area contributed by atoms with Crippen molar-refractivity contribution < 1.29 is 9.53 Å². The number of hydrogen-bond acceptors (Lipinski definition) is 5. The Morgan fingerprint density at radius 2 is 2.09 bits per heavy atom. The van der Waals surface area contributed by atoms with E-state index in [0.717, 1.165) is 11.4 Å². The van der Waals surface area contributed by atoms with Crippen LogP contribution in [0.25, 0.3) is 0 Å². The number of H-pyrrole nitrogens is 2. The maximum Gasteiger partial charge on any atom is 0.257 e. The smallest absolute Gasteiger partial charge is 0.257 e. The minimum absolute atomic E-state index is 0.0210. The Kier molecular flexibility index (Phi) is 3.93. The van der Waals surface area contributed by atoms with Crippen molar-refractivity contribution in [2.75, 3.05) is 20.2 Å². The van der Waals surface area contributed by atoms with Crippen LogP contribution in [0.2, 0.25) is 0 Å². The van der Waals surface area contributed by atoms with Crippen LogP contribution in [0, 0.1) is 0 Å². The summed E-state index contributed by atoms with van der Waals surface area (Å²) in [6.45, 7) is 7.24. The summed E-state index contributed by atoms with van der Waals surface area (Å²) in [6.07, 6.45) is 3.20. The summed E-state index contributed by atoms with van der Waals surface area (Å²) >= 11 is 0. The number of nitrogens with zero attached hydrogens (tertiary/aromatic N) is 4. The summed E-state index contributed by atoms with van der Waals surface area (Å²) in [6, 6.07) is 0. The number of methoxy groups -OCH3 is 1. The first-order chi connectivity index (χ1) is 10.9. The maximum atomic E-state index is 12.9. The Balaban J connectivity index is 1.83. The maximum absolute atomic E-state index is 12.9. The molecule has 2 atom stereocenters. The molecular formula is C15H22N6O2. The molecule has 8 nitrogen and oxygen atoms in total. The zero-order valence-electron chi connectivity index (χ0n) is 13.8. The van der Waals surface area contributed by atoms with Gasteiger partial charge in [-0.25, -0.2) is 0 Å². The molecule has 23 heavy (non-hydrogen) atoms. The quantitative estimate of drug-likeness (QED) is 0.882. The molecule has 0 radical (unpaired) electrons. The first-order valence-corrected chi connectivity index (χ1v) is 7.63. The number of hydrogen-bond donors (Lipinski definition) is 2. The number of nitrogens with one attached hydrogen (secondary N) is 2. The fraction of sp³-hybridized carbons (Fsp3) is 0.600. The predicted molar refractivity (Wildman–Crippen MR) is 83.1 cm³/mol. The average Bonchev–Trinajstić information content (AvgIpc) is 3.23. The number of carbonyl (C=O) groups is 1. The Labute approximate surface area is 134 Å². The van der Waals surface area contributed by atoms with E-state index in [4.69, 9.17) is 4.74 Å². The third-order valence-corrected chi connectivity index (χ3v) is 4.29. The lowest BCUT2D eigenvalue weighted by Gasteiger charge is -2.21. The van der Waals surface area contributed by atoms with Gasteiger partial charge in [0.05, 0.1) is 41.4 Å². The van der Waals surface area contributed by atoms with Crippen LogP contribution in [0.15, 0.2) is 12.4 Å². The van der Waals surface area contributed by atoms with Gasteiger partial charge in [-0.3, -0.25) is 9.89 Å². The molecule has 2 aromatic rings. The predicted octanol–water partition coefficient (Wildman–Crippen LogP) is 1.08. The molecule has 0 saturated carbocycles. The van der Waals surface area contributed by atoms with E-state index in [1.54, 1.807) is 24.4 Å². The highest BCUT2D eigenvalue weighted by Gasteiger charge is 2.39. The summed E-state index contributed by atoms with van der Waals surface area (Å²) in [7, 11) is 1.66. The molecule has 0 bridgehead atoms. The molecule has 1 fully saturated rings. The van der Waals surface area contributed by atoms with Gasteiger partial charge >= 0.3 is 0 Å². The zero-order valence-corrected chi connectivity index (χ0v) is 13.8. The van der Waals surface area contributed by atoms with Crippen LogP contribution in [-0.4, -0.2) is 62.7 Å². The number of aromatic amines is 2. The number of likely N-dealkylation sites (tertiary alicyclic amines) is 1. The van der Waals surface area contributed by atoms with Crippen LogP contribution in [0.5, 0.6) is 0 Å². The third kappa shape index (κ3) is 2.86. The van der Waals surface area contributed by atoms with Crippen molar-refractivity contribution >= 4 is 5.91 Å². The molecule has 0 spiro atoms. The van der Waals surface area contributed by atoms with E-state index in [1.165, 1.54) is 0 Å². The van der Waals surface area contributed by atoms with E-state index in [0.29, 0.717) is 18.7 Å². The molecule has 1 aliphatic heterocycles. The molecule has 124 valence electrons. The van der Waals surface area contributed by atoms with E-state index in [2.05, 4.69) is 46.4 Å². The molecule has 1 saturated heterocycles. The Morgan fingerprint density at radius 3 is 2.70 bits per heavy atom. The standard InChI is InChI=1S/C15H22N6O2/c1-15(2,3)13-9(5-16-19-13)14(22)21-7-10(12(8-21)23-4)11-6-17-20-18-11/h5-6,10,12H,7-8H2,1-4H3,(H,16,19)(H,17,18,20)/t10-,12+/m0/s1. The van der Waals surface area contributed by atoms with Gasteiger partial charge in [-0.2, -0.15) is 20.5 Å². The summed E-state index contributed by atoms with van der Waals surface area (Å²) in [5.41, 5.74) is 2.11. The van der Waals surface area contributed by atoms with Crippen molar-refractivity contribution in [2.24, 2.45) is 0 Å². The molecular weight excluding hydrogens is 296 g/mol. The van der Waals surface area contributed by atoms with Gasteiger partial charge in [0.25, 0.3) is 5.91 Å². The number of ether oxygens (including phenoxy) is 1. The summed E-state index contributed by atoms with van der Waals surface area (Å²) < 4.78 is 5.54. The first kappa shape index (κ1) is 15.7. The number of aromatic nitrogens is 5. The molecule has 0 aromatic carbocycles. The van der Waals surface area contributed by atoms with E-state index < -0.39 is 0 Å². The second-order valence-corrected chi connectivity index (χ2v) is 6.89. The third-order valence-electron chi connectivity index (χ3n) is 4.29. The van der Waals surface area contributed by atoms with E-state index in [1.807, 2.05) is 0 Å². The molecule has 3 rings (SSSR count). The van der Waals surface area contributed by atoms with Crippen molar-refractivity contribution in [3.05, 3.63) is 29.3 Å². The largest absolute Gasteiger partial charge is 0.379 e. The Bertz CT molecular complexity index is 672. The molecule has 2 aromatic heterocycles. The highest BCUT2D eigenvalue weighted by molar-refractivity contribution is 5.95. The van der Waals surface area contributed by atoms with E-state index in [9.17, 15) is 4.79 Å². The molecule has 2 N–H and O–H groups in total. The van der Waals surface area contributed by atoms with Crippen LogP contribution >= 0.6 is 0 Å². The van der Waals surface area contributed by atoms with Crippen LogP contribution in [0.4, 0.5) is 0 Å². The van der Waals surface area contributed by atoms with Crippen molar-refractivity contribution in [2.45, 2.75) is 38.2 Å². The van der Waals surface area contributed by atoms with Gasteiger partial charge in [0.1, 0.15) is 0 Å². The first-order valence-electron chi connectivity index (χ1n) is 7.63. The molecule has 0 unspecified atom stereocenters. The van der Waals surface area contributed by atoms with Gasteiger partial charge in [0.2, 0.25) is 0 Å². The Hall–Kier alpha value is -2.22. The highest BCUT2D eigenvalue weighted by Crippen LogP contribution is 2.30. The van der Waals surface area contributed by atoms with Gasteiger partial charge in [0.15, 0.2) is 0 Å². The van der Waals surface area contributed by atoms with Crippen molar-refractivity contribution in [1.29, 1.82) is 0 Å². The summed E-state index contributed by atoms with van der Waals surface area (Å²) in [4.78, 5) is 14.7. The minimum Gasteiger partial charge on any atom is -0.379 e. The van der Waals surface area contributed by atoms with Crippen molar-refractivity contribution in [3.8, 4) is 0 Å². The second-order valence-electron chi connectivity index (χ2n) is 6.89. The molecule has 1 aliphatic rings. The lowest BCUT2D eigenvalue weighted by Crippen LogP contribution is -2.31. The monoisotopic (exact) mass is 318 g/mol. The molecule has 0 aliphatic carbocycles. The van der Waals surface area contributed by atoms with Crippen LogP contribution in [0.3, 0.4) is 0 Å². The lowest BCUT2D eigenvalue weighted by molar-refractivity contribution is 0.0712. The Morgan fingerprint density at radius 1 is 1.30 bits per heavy atom. The normalized spacial score (nSPS) is 21.8. The SMILES string of the molecule is CO[C@@H]1CN(C(=O)c2cn[nH]c2C(C)(C)C)C[C@H]1c1cn[nH]n1. The summed E-state index contributed by atoms with van der Waals surface area (Å²) in [5, 5.41) is 17.6. The fourth-order valence-electron chi connectivity index (χ4n) is 3.04. The van der Waals surface area contributed by atoms with Crippen molar-refractivity contribution in [3.63, 3.8) is 0 Å². The molecule has 8 heteroatoms. The minimum atomic E-state index is -0.173. The van der Waals surface area contributed by atoms with Gasteiger partial charge in [-0.05, 0) is 0 Å². The van der Waals surface area contributed by atoms with Gasteiger partial charge < -0.3 is 9.64 Å². The number of amides is 1. The summed E-state index contributed by atoms with van der Waals surface area (Å²) in [5.74, 6) is -0.00981. The van der Waals surface area contributed by atoms with Gasteiger partial charge in [0, 0.05) is 25.6 Å². The zero-order chi connectivity index (χ0) is 16.6. The van der Waals surface area contributed by atoms with Crippen LogP contribution in [-0.2, 0) is 10.2 Å². The van der Waals surface area contributed by atoms with Gasteiger partial charge in [-0.1, -0.05) is 20.8 Å². The fourth-order valence-corrected chi connectivity index (χ4v) is 3.04. The van der Waals surface area contributed by atoms with Crippen LogP contribution in [0.1, 0.15) is 48.4 Å². The van der Waals surface area contributed by atoms with Gasteiger partial charge in [-0.15, -0.1) is 0 Å². The highest BCUT2D eigenvalue weighted by atomic mass is 16.5. The lowest BCUT2D eigenvalue weighted by atomic mass is 9.89. The average molecular weight is 318 g/mol.